The summed E-state index contributed by atoms with van der Waals surface area (Å²) < 4.78 is 1.87. The van der Waals surface area contributed by atoms with Crippen molar-refractivity contribution in [2.24, 2.45) is 13.0 Å². The third-order valence-electron chi connectivity index (χ3n) is 4.59. The quantitative estimate of drug-likeness (QED) is 0.852. The van der Waals surface area contributed by atoms with Gasteiger partial charge in [0.2, 0.25) is 0 Å². The number of anilines is 1. The van der Waals surface area contributed by atoms with Gasteiger partial charge in [0.05, 0.1) is 6.20 Å². The van der Waals surface area contributed by atoms with Gasteiger partial charge in [-0.25, -0.2) is 0 Å². The molecule has 0 aliphatic carbocycles. The molecular weight excluding hydrogens is 258 g/mol. The minimum Gasteiger partial charge on any atom is -0.369 e. The van der Waals surface area contributed by atoms with Crippen LogP contribution >= 0.6 is 0 Å². The lowest BCUT2D eigenvalue weighted by molar-refractivity contribution is 0.458. The normalized spacial score (nSPS) is 18.1. The second kappa shape index (κ2) is 5.55. The average Bonchev–Trinajstić information content (AvgIpc) is 2.91. The van der Waals surface area contributed by atoms with Gasteiger partial charge in [0.15, 0.2) is 0 Å². The van der Waals surface area contributed by atoms with E-state index in [-0.39, 0.29) is 0 Å². The summed E-state index contributed by atoms with van der Waals surface area (Å²) in [6, 6.07) is 7.45. The van der Waals surface area contributed by atoms with Gasteiger partial charge in [-0.2, -0.15) is 5.10 Å². The van der Waals surface area contributed by atoms with Crippen molar-refractivity contribution in [2.45, 2.75) is 39.7 Å². The Kier molecular flexibility index (Phi) is 3.75. The van der Waals surface area contributed by atoms with Crippen LogP contribution in [0.25, 0.3) is 11.1 Å². The first-order chi connectivity index (χ1) is 10.1. The van der Waals surface area contributed by atoms with E-state index in [0.717, 1.165) is 5.92 Å². The van der Waals surface area contributed by atoms with Crippen LogP contribution in [-0.2, 0) is 13.5 Å². The van der Waals surface area contributed by atoms with Crippen LogP contribution in [0.1, 0.15) is 32.8 Å². The monoisotopic (exact) mass is 283 g/mol. The Morgan fingerprint density at radius 3 is 2.71 bits per heavy atom. The van der Waals surface area contributed by atoms with Crippen LogP contribution < -0.4 is 4.90 Å². The molecule has 2 aromatic rings. The van der Waals surface area contributed by atoms with E-state index in [2.05, 4.69) is 55.2 Å². The molecule has 1 aromatic carbocycles. The molecular formula is C18H25N3. The number of aryl methyl sites for hydroxylation is 1. The van der Waals surface area contributed by atoms with Crippen LogP contribution in [0.2, 0.25) is 0 Å². The van der Waals surface area contributed by atoms with Crippen LogP contribution in [0.15, 0.2) is 30.6 Å². The van der Waals surface area contributed by atoms with E-state index >= 15 is 0 Å². The molecule has 2 heterocycles. The van der Waals surface area contributed by atoms with Crippen molar-refractivity contribution in [3.63, 3.8) is 0 Å². The minimum atomic E-state index is 0.558. The number of hydrogen-bond donors (Lipinski definition) is 0. The van der Waals surface area contributed by atoms with E-state index in [1.165, 1.54) is 41.8 Å². The molecule has 112 valence electrons. The summed E-state index contributed by atoms with van der Waals surface area (Å²) in [4.78, 5) is 2.56. The number of hydrogen-bond acceptors (Lipinski definition) is 2. The molecule has 1 aliphatic heterocycles. The zero-order valence-corrected chi connectivity index (χ0v) is 13.5. The summed E-state index contributed by atoms with van der Waals surface area (Å²) in [7, 11) is 1.97. The number of fused-ring (bicyclic) bond motifs is 1. The maximum Gasteiger partial charge on any atom is 0.0568 e. The predicted molar refractivity (Wildman–Crippen MR) is 88.6 cm³/mol. The molecule has 0 unspecified atom stereocenters. The molecule has 21 heavy (non-hydrogen) atoms. The highest BCUT2D eigenvalue weighted by Crippen LogP contribution is 2.35. The van der Waals surface area contributed by atoms with Gasteiger partial charge in [-0.1, -0.05) is 19.4 Å². The fourth-order valence-corrected chi connectivity index (χ4v) is 3.29. The van der Waals surface area contributed by atoms with E-state index in [9.17, 15) is 0 Å². The molecule has 0 bridgehead atoms. The van der Waals surface area contributed by atoms with Crippen molar-refractivity contribution in [3.05, 3.63) is 36.2 Å². The third-order valence-corrected chi connectivity index (χ3v) is 4.59. The standard InChI is InChI=1S/C18H25N3/c1-5-14-8-16-9-15(17-10-19-20(4)12-17)6-7-18(16)21(11-14)13(2)3/h6-7,9-10,12-14H,5,8,11H2,1-4H3/t14-/m0/s1. The topological polar surface area (TPSA) is 21.1 Å². The summed E-state index contributed by atoms with van der Waals surface area (Å²) in [5.74, 6) is 0.768. The Labute approximate surface area is 127 Å². The number of benzene rings is 1. The van der Waals surface area contributed by atoms with Crippen molar-refractivity contribution in [1.82, 2.24) is 9.78 Å². The van der Waals surface area contributed by atoms with Crippen LogP contribution in [0.5, 0.6) is 0 Å². The Hall–Kier alpha value is -1.77. The van der Waals surface area contributed by atoms with Gasteiger partial charge in [-0.15, -0.1) is 0 Å². The van der Waals surface area contributed by atoms with Crippen LogP contribution in [0.3, 0.4) is 0 Å². The average molecular weight is 283 g/mol. The van der Waals surface area contributed by atoms with Gasteiger partial charge in [0.25, 0.3) is 0 Å². The van der Waals surface area contributed by atoms with Crippen molar-refractivity contribution < 1.29 is 0 Å². The molecule has 0 saturated carbocycles. The Bertz CT molecular complexity index is 627. The Morgan fingerprint density at radius 2 is 2.10 bits per heavy atom. The fourth-order valence-electron chi connectivity index (χ4n) is 3.29. The summed E-state index contributed by atoms with van der Waals surface area (Å²) in [5, 5.41) is 4.29. The molecule has 1 aromatic heterocycles. The van der Waals surface area contributed by atoms with Gasteiger partial charge in [-0.05, 0) is 49.4 Å². The predicted octanol–water partition coefficient (Wildman–Crippen LogP) is 3.88. The highest BCUT2D eigenvalue weighted by atomic mass is 15.2. The van der Waals surface area contributed by atoms with Crippen LogP contribution in [0, 0.1) is 5.92 Å². The van der Waals surface area contributed by atoms with Crippen molar-refractivity contribution >= 4 is 5.69 Å². The van der Waals surface area contributed by atoms with Crippen LogP contribution in [0.4, 0.5) is 5.69 Å². The van der Waals surface area contributed by atoms with E-state index in [4.69, 9.17) is 0 Å². The van der Waals surface area contributed by atoms with E-state index < -0.39 is 0 Å². The molecule has 1 aliphatic rings. The summed E-state index contributed by atoms with van der Waals surface area (Å²) in [5.41, 5.74) is 5.39. The lowest BCUT2D eigenvalue weighted by Crippen LogP contribution is -2.39. The molecule has 0 radical (unpaired) electrons. The highest BCUT2D eigenvalue weighted by molar-refractivity contribution is 5.69. The zero-order valence-electron chi connectivity index (χ0n) is 13.5. The van der Waals surface area contributed by atoms with E-state index in [1.54, 1.807) is 0 Å². The van der Waals surface area contributed by atoms with Gasteiger partial charge >= 0.3 is 0 Å². The Morgan fingerprint density at radius 1 is 1.29 bits per heavy atom. The molecule has 3 nitrogen and oxygen atoms in total. The maximum atomic E-state index is 4.29. The van der Waals surface area contributed by atoms with Gasteiger partial charge in [0.1, 0.15) is 0 Å². The lowest BCUT2D eigenvalue weighted by Gasteiger charge is -2.39. The molecule has 0 saturated heterocycles. The molecule has 3 rings (SSSR count). The highest BCUT2D eigenvalue weighted by Gasteiger charge is 2.25. The van der Waals surface area contributed by atoms with Gasteiger partial charge in [-0.3, -0.25) is 4.68 Å². The lowest BCUT2D eigenvalue weighted by atomic mass is 9.88. The third kappa shape index (κ3) is 2.69. The zero-order chi connectivity index (χ0) is 15.0. The molecule has 0 N–H and O–H groups in total. The van der Waals surface area contributed by atoms with Gasteiger partial charge < -0.3 is 4.90 Å². The molecule has 1 atom stereocenters. The fraction of sp³-hybridized carbons (Fsp3) is 0.500. The number of aromatic nitrogens is 2. The van der Waals surface area contributed by atoms with E-state index in [1.807, 2.05) is 17.9 Å². The number of rotatable bonds is 3. The van der Waals surface area contributed by atoms with Crippen molar-refractivity contribution in [2.75, 3.05) is 11.4 Å². The second-order valence-corrected chi connectivity index (χ2v) is 6.47. The van der Waals surface area contributed by atoms with E-state index in [0.29, 0.717) is 6.04 Å². The SMILES string of the molecule is CC[C@H]1Cc2cc(-c3cnn(C)c3)ccc2N(C(C)C)C1. The number of nitrogens with zero attached hydrogens (tertiary/aromatic N) is 3. The molecule has 0 fully saturated rings. The summed E-state index contributed by atoms with van der Waals surface area (Å²) in [6.45, 7) is 8.07. The Balaban J connectivity index is 2.00. The van der Waals surface area contributed by atoms with Crippen molar-refractivity contribution in [3.8, 4) is 11.1 Å². The molecule has 0 spiro atoms. The largest absolute Gasteiger partial charge is 0.369 e. The first-order valence-electron chi connectivity index (χ1n) is 7.97. The first-order valence-corrected chi connectivity index (χ1v) is 7.97. The first kappa shape index (κ1) is 14.2. The molecule has 0 amide bonds. The van der Waals surface area contributed by atoms with Crippen molar-refractivity contribution in [1.29, 1.82) is 0 Å². The summed E-state index contributed by atoms with van der Waals surface area (Å²) in [6.07, 6.45) is 6.48. The second-order valence-electron chi connectivity index (χ2n) is 6.47. The maximum absolute atomic E-state index is 4.29. The smallest absolute Gasteiger partial charge is 0.0568 e. The van der Waals surface area contributed by atoms with Crippen LogP contribution in [-0.4, -0.2) is 22.4 Å². The molecule has 3 heteroatoms. The van der Waals surface area contributed by atoms with Gasteiger partial charge in [0, 0.05) is 37.1 Å². The minimum absolute atomic E-state index is 0.558. The summed E-state index contributed by atoms with van der Waals surface area (Å²) >= 11 is 0.